The van der Waals surface area contributed by atoms with Crippen LogP contribution in [0.2, 0.25) is 0 Å². The van der Waals surface area contributed by atoms with E-state index in [-0.39, 0.29) is 25.8 Å². The largest absolute Gasteiger partial charge is 0.481 e. The van der Waals surface area contributed by atoms with E-state index in [1.807, 2.05) is 30.5 Å². The van der Waals surface area contributed by atoms with E-state index in [0.717, 1.165) is 16.5 Å². The molecule has 3 rings (SSSR count). The van der Waals surface area contributed by atoms with Gasteiger partial charge in [-0.25, -0.2) is 4.79 Å². The molecule has 1 aromatic heterocycles. The Hall–Kier alpha value is -3.58. The highest BCUT2D eigenvalue weighted by Crippen LogP contribution is 2.21. The van der Waals surface area contributed by atoms with E-state index in [0.29, 0.717) is 18.6 Å². The smallest absolute Gasteiger partial charge is 0.326 e. The summed E-state index contributed by atoms with van der Waals surface area (Å²) in [6.45, 7) is 0.190. The summed E-state index contributed by atoms with van der Waals surface area (Å²) in [5.41, 5.74) is 7.63. The number of amides is 3. The number of para-hydroxylation sites is 1. The van der Waals surface area contributed by atoms with Crippen LogP contribution in [0.3, 0.4) is 0 Å². The van der Waals surface area contributed by atoms with Crippen molar-refractivity contribution in [3.05, 3.63) is 36.0 Å². The Kier molecular flexibility index (Phi) is 10.8. The highest BCUT2D eigenvalue weighted by atomic mass is 32.2. The van der Waals surface area contributed by atoms with Crippen LogP contribution in [0.25, 0.3) is 10.9 Å². The molecule has 12 nitrogen and oxygen atoms in total. The lowest BCUT2D eigenvalue weighted by atomic mass is 10.0. The minimum absolute atomic E-state index is 0.0815. The van der Waals surface area contributed by atoms with Crippen molar-refractivity contribution in [2.24, 2.45) is 5.73 Å². The van der Waals surface area contributed by atoms with Crippen LogP contribution < -0.4 is 16.4 Å². The molecule has 7 N–H and O–H groups in total. The van der Waals surface area contributed by atoms with Gasteiger partial charge in [-0.1, -0.05) is 18.2 Å². The van der Waals surface area contributed by atoms with E-state index in [1.165, 1.54) is 16.7 Å². The molecule has 0 bridgehead atoms. The minimum atomic E-state index is -1.28. The van der Waals surface area contributed by atoms with Crippen molar-refractivity contribution in [1.82, 2.24) is 20.5 Å². The standard InChI is InChI=1S/C26H35N5O7S/c1-39-12-10-17(27)23(34)30-20(13-15-14-28-18-6-3-2-5-16(15)18)24(35)29-19(8-9-22(32)33)25(36)31-11-4-7-21(31)26(37)38/h2-3,5-6,14,17,19-21,28H,4,7-13,27H2,1H3,(H,29,35)(H,30,34)(H,32,33)(H,37,38). The fraction of sp³-hybridized carbons (Fsp3) is 0.500. The van der Waals surface area contributed by atoms with Gasteiger partial charge in [0.25, 0.3) is 0 Å². The average Bonchev–Trinajstić information content (AvgIpc) is 3.56. The van der Waals surface area contributed by atoms with Crippen molar-refractivity contribution in [3.8, 4) is 0 Å². The third-order valence-electron chi connectivity index (χ3n) is 6.78. The van der Waals surface area contributed by atoms with Crippen molar-refractivity contribution < 1.29 is 34.2 Å². The first-order valence-corrected chi connectivity index (χ1v) is 14.2. The lowest BCUT2D eigenvalue weighted by molar-refractivity contribution is -0.150. The number of nitrogens with zero attached hydrogens (tertiary/aromatic N) is 1. The van der Waals surface area contributed by atoms with Crippen LogP contribution in [0, 0.1) is 0 Å². The van der Waals surface area contributed by atoms with Crippen molar-refractivity contribution >= 4 is 52.3 Å². The molecule has 2 heterocycles. The maximum atomic E-state index is 13.6. The molecule has 0 aliphatic carbocycles. The van der Waals surface area contributed by atoms with Gasteiger partial charge in [0.15, 0.2) is 0 Å². The van der Waals surface area contributed by atoms with Gasteiger partial charge in [0.2, 0.25) is 17.7 Å². The molecule has 0 saturated carbocycles. The van der Waals surface area contributed by atoms with Gasteiger partial charge in [-0.15, -0.1) is 0 Å². The number of carbonyl (C=O) groups excluding carboxylic acids is 3. The molecule has 1 aliphatic rings. The van der Waals surface area contributed by atoms with E-state index in [4.69, 9.17) is 5.73 Å². The van der Waals surface area contributed by atoms with Gasteiger partial charge in [0.05, 0.1) is 6.04 Å². The number of nitrogens with two attached hydrogens (primary N) is 1. The fourth-order valence-electron chi connectivity index (χ4n) is 4.67. The zero-order chi connectivity index (χ0) is 28.5. The number of thioether (sulfide) groups is 1. The molecule has 3 amide bonds. The van der Waals surface area contributed by atoms with Crippen LogP contribution in [0.4, 0.5) is 0 Å². The Morgan fingerprint density at radius 1 is 1.10 bits per heavy atom. The van der Waals surface area contributed by atoms with Crippen LogP contribution in [0.5, 0.6) is 0 Å². The number of H-pyrrole nitrogens is 1. The lowest BCUT2D eigenvalue weighted by Gasteiger charge is -2.29. The number of aliphatic carboxylic acids is 2. The van der Waals surface area contributed by atoms with Gasteiger partial charge in [0.1, 0.15) is 18.1 Å². The molecule has 39 heavy (non-hydrogen) atoms. The van der Waals surface area contributed by atoms with E-state index < -0.39 is 60.2 Å². The van der Waals surface area contributed by atoms with Gasteiger partial charge in [0, 0.05) is 36.5 Å². The normalized spacial score (nSPS) is 17.4. The molecule has 0 spiro atoms. The Morgan fingerprint density at radius 3 is 2.51 bits per heavy atom. The first kappa shape index (κ1) is 30.0. The molecule has 1 aromatic carbocycles. The fourth-order valence-corrected chi connectivity index (χ4v) is 5.16. The molecule has 0 radical (unpaired) electrons. The number of likely N-dealkylation sites (tertiary alicyclic amines) is 1. The van der Waals surface area contributed by atoms with Crippen LogP contribution in [-0.4, -0.2) is 92.5 Å². The van der Waals surface area contributed by atoms with Gasteiger partial charge >= 0.3 is 11.9 Å². The zero-order valence-electron chi connectivity index (χ0n) is 21.7. The monoisotopic (exact) mass is 561 g/mol. The number of hydrogen-bond acceptors (Lipinski definition) is 7. The maximum absolute atomic E-state index is 13.6. The number of benzene rings is 1. The van der Waals surface area contributed by atoms with Gasteiger partial charge < -0.3 is 36.5 Å². The Morgan fingerprint density at radius 2 is 1.82 bits per heavy atom. The predicted molar refractivity (Wildman–Crippen MR) is 146 cm³/mol. The highest BCUT2D eigenvalue weighted by molar-refractivity contribution is 7.98. The zero-order valence-corrected chi connectivity index (χ0v) is 22.5. The van der Waals surface area contributed by atoms with E-state index in [1.54, 1.807) is 6.20 Å². The molecule has 1 fully saturated rings. The van der Waals surface area contributed by atoms with Crippen LogP contribution in [0.15, 0.2) is 30.5 Å². The summed E-state index contributed by atoms with van der Waals surface area (Å²) in [6.07, 6.45) is 4.22. The van der Waals surface area contributed by atoms with Gasteiger partial charge in [-0.05, 0) is 49.3 Å². The number of carboxylic acid groups (broad SMARTS) is 2. The van der Waals surface area contributed by atoms with Crippen molar-refractivity contribution in [3.63, 3.8) is 0 Å². The molecule has 1 saturated heterocycles. The molecule has 212 valence electrons. The van der Waals surface area contributed by atoms with E-state index in [2.05, 4.69) is 15.6 Å². The second-order valence-electron chi connectivity index (χ2n) is 9.53. The summed E-state index contributed by atoms with van der Waals surface area (Å²) in [6, 6.07) is 3.18. The van der Waals surface area contributed by atoms with E-state index in [9.17, 15) is 34.2 Å². The first-order valence-electron chi connectivity index (χ1n) is 12.8. The Bertz CT molecular complexity index is 1200. The van der Waals surface area contributed by atoms with E-state index >= 15 is 0 Å². The third kappa shape index (κ3) is 7.96. The summed E-state index contributed by atoms with van der Waals surface area (Å²) < 4.78 is 0. The van der Waals surface area contributed by atoms with Gasteiger partial charge in [-0.2, -0.15) is 11.8 Å². The Balaban J connectivity index is 1.85. The first-order chi connectivity index (χ1) is 18.6. The summed E-state index contributed by atoms with van der Waals surface area (Å²) in [7, 11) is 0. The minimum Gasteiger partial charge on any atom is -0.481 e. The maximum Gasteiger partial charge on any atom is 0.326 e. The number of rotatable bonds is 14. The summed E-state index contributed by atoms with van der Waals surface area (Å²) in [5.74, 6) is -3.55. The topological polar surface area (TPSA) is 195 Å². The van der Waals surface area contributed by atoms with Crippen molar-refractivity contribution in [2.45, 2.75) is 62.7 Å². The average molecular weight is 562 g/mol. The molecule has 2 aromatic rings. The summed E-state index contributed by atoms with van der Waals surface area (Å²) >= 11 is 1.54. The molecular weight excluding hydrogens is 526 g/mol. The Labute approximate surface area is 230 Å². The number of carbonyl (C=O) groups is 5. The summed E-state index contributed by atoms with van der Waals surface area (Å²) in [4.78, 5) is 66.9. The molecule has 4 atom stereocenters. The third-order valence-corrected chi connectivity index (χ3v) is 7.43. The number of hydrogen-bond donors (Lipinski definition) is 6. The number of aromatic amines is 1. The SMILES string of the molecule is CSCCC(N)C(=O)NC(Cc1c[nH]c2ccccc12)C(=O)NC(CCC(=O)O)C(=O)N1CCCC1C(=O)O. The predicted octanol–water partition coefficient (Wildman–Crippen LogP) is 0.701. The number of aromatic nitrogens is 1. The second-order valence-corrected chi connectivity index (χ2v) is 10.5. The van der Waals surface area contributed by atoms with Crippen LogP contribution in [-0.2, 0) is 30.4 Å². The van der Waals surface area contributed by atoms with Crippen molar-refractivity contribution in [1.29, 1.82) is 0 Å². The lowest BCUT2D eigenvalue weighted by Crippen LogP contribution is -2.57. The molecule has 13 heteroatoms. The van der Waals surface area contributed by atoms with Crippen LogP contribution >= 0.6 is 11.8 Å². The quantitative estimate of drug-likeness (QED) is 0.192. The number of fused-ring (bicyclic) bond motifs is 1. The summed E-state index contributed by atoms with van der Waals surface area (Å²) in [5, 5.41) is 24.9. The molecule has 4 unspecified atom stereocenters. The molecule has 1 aliphatic heterocycles. The van der Waals surface area contributed by atoms with Gasteiger partial charge in [-0.3, -0.25) is 19.2 Å². The second kappa shape index (κ2) is 14.0. The number of nitrogens with one attached hydrogen (secondary N) is 3. The highest BCUT2D eigenvalue weighted by Gasteiger charge is 2.38. The van der Waals surface area contributed by atoms with Crippen molar-refractivity contribution in [2.75, 3.05) is 18.6 Å². The molecular formula is C26H35N5O7S. The number of carboxylic acids is 2. The van der Waals surface area contributed by atoms with Crippen LogP contribution in [0.1, 0.15) is 37.7 Å².